The Balaban J connectivity index is 1.41. The highest BCUT2D eigenvalue weighted by atomic mass is 32.1. The molecule has 2 heterocycles. The zero-order chi connectivity index (χ0) is 16.8. The van der Waals surface area contributed by atoms with Gasteiger partial charge >= 0.3 is 6.03 Å². The van der Waals surface area contributed by atoms with Crippen LogP contribution in [-0.2, 0) is 4.79 Å². The number of aromatic nitrogens is 1. The van der Waals surface area contributed by atoms with Gasteiger partial charge in [0.05, 0.1) is 6.54 Å². The van der Waals surface area contributed by atoms with E-state index in [1.807, 2.05) is 18.2 Å². The van der Waals surface area contributed by atoms with E-state index < -0.39 is 0 Å². The number of amides is 3. The molecule has 2 N–H and O–H groups in total. The minimum atomic E-state index is -0.277. The van der Waals surface area contributed by atoms with Crippen LogP contribution in [-0.4, -0.2) is 54.5 Å². The van der Waals surface area contributed by atoms with Gasteiger partial charge in [0, 0.05) is 43.4 Å². The number of carbonyl (C=O) groups is 2. The fourth-order valence-electron chi connectivity index (χ4n) is 2.52. The van der Waals surface area contributed by atoms with E-state index in [1.54, 1.807) is 16.5 Å². The first-order valence-corrected chi connectivity index (χ1v) is 8.62. The number of thiazole rings is 1. The number of nitrogens with one attached hydrogen (secondary N) is 2. The molecule has 1 saturated heterocycles. The molecule has 0 spiro atoms. The van der Waals surface area contributed by atoms with Crippen molar-refractivity contribution in [1.29, 1.82) is 0 Å². The molecular weight excluding hydrogens is 326 g/mol. The van der Waals surface area contributed by atoms with Crippen LogP contribution in [0.25, 0.3) is 0 Å². The number of rotatable bonds is 4. The van der Waals surface area contributed by atoms with E-state index in [-0.39, 0.29) is 18.5 Å². The van der Waals surface area contributed by atoms with Crippen LogP contribution in [0, 0.1) is 0 Å². The SMILES string of the molecule is O=C(CNC(=O)N1CCN(c2ccccc2)CC1)Nc1nccs1. The first-order valence-electron chi connectivity index (χ1n) is 7.74. The summed E-state index contributed by atoms with van der Waals surface area (Å²) in [6, 6.07) is 9.93. The molecule has 24 heavy (non-hydrogen) atoms. The minimum absolute atomic E-state index is 0.0582. The number of para-hydroxylation sites is 1. The van der Waals surface area contributed by atoms with E-state index in [0.717, 1.165) is 13.1 Å². The Morgan fingerprint density at radius 1 is 1.12 bits per heavy atom. The summed E-state index contributed by atoms with van der Waals surface area (Å²) in [5, 5.41) is 7.60. The lowest BCUT2D eigenvalue weighted by atomic mass is 10.2. The highest BCUT2D eigenvalue weighted by molar-refractivity contribution is 7.13. The number of hydrogen-bond donors (Lipinski definition) is 2. The van der Waals surface area contributed by atoms with Gasteiger partial charge in [-0.25, -0.2) is 9.78 Å². The van der Waals surface area contributed by atoms with Gasteiger partial charge in [-0.05, 0) is 12.1 Å². The fraction of sp³-hybridized carbons (Fsp3) is 0.312. The van der Waals surface area contributed by atoms with E-state index in [4.69, 9.17) is 0 Å². The maximum atomic E-state index is 12.2. The molecule has 8 heteroatoms. The third-order valence-electron chi connectivity index (χ3n) is 3.77. The largest absolute Gasteiger partial charge is 0.368 e. The van der Waals surface area contributed by atoms with Crippen LogP contribution in [0.2, 0.25) is 0 Å². The van der Waals surface area contributed by atoms with Gasteiger partial charge in [0.15, 0.2) is 5.13 Å². The van der Waals surface area contributed by atoms with Gasteiger partial charge in [0.1, 0.15) is 0 Å². The van der Waals surface area contributed by atoms with Gasteiger partial charge in [0.25, 0.3) is 0 Å². The zero-order valence-corrected chi connectivity index (χ0v) is 14.0. The first-order chi connectivity index (χ1) is 11.7. The number of urea groups is 1. The third kappa shape index (κ3) is 4.23. The Morgan fingerprint density at radius 3 is 2.54 bits per heavy atom. The quantitative estimate of drug-likeness (QED) is 0.883. The molecule has 7 nitrogen and oxygen atoms in total. The molecule has 0 aliphatic carbocycles. The van der Waals surface area contributed by atoms with E-state index in [0.29, 0.717) is 18.2 Å². The van der Waals surface area contributed by atoms with Gasteiger partial charge in [-0.15, -0.1) is 11.3 Å². The topological polar surface area (TPSA) is 77.6 Å². The molecule has 0 unspecified atom stereocenters. The van der Waals surface area contributed by atoms with Gasteiger partial charge < -0.3 is 20.4 Å². The number of benzene rings is 1. The van der Waals surface area contributed by atoms with Crippen LogP contribution in [0.3, 0.4) is 0 Å². The Bertz CT molecular complexity index is 669. The maximum Gasteiger partial charge on any atom is 0.317 e. The summed E-state index contributed by atoms with van der Waals surface area (Å²) in [7, 11) is 0. The van der Waals surface area contributed by atoms with Gasteiger partial charge in [-0.2, -0.15) is 0 Å². The molecule has 1 aliphatic rings. The summed E-state index contributed by atoms with van der Waals surface area (Å²) in [6.07, 6.45) is 1.62. The Hall–Kier alpha value is -2.61. The Morgan fingerprint density at radius 2 is 1.88 bits per heavy atom. The molecule has 1 aromatic carbocycles. The summed E-state index contributed by atoms with van der Waals surface area (Å²) in [6.45, 7) is 2.77. The second-order valence-electron chi connectivity index (χ2n) is 5.35. The van der Waals surface area contributed by atoms with E-state index in [9.17, 15) is 9.59 Å². The molecule has 0 radical (unpaired) electrons. The molecule has 3 rings (SSSR count). The van der Waals surface area contributed by atoms with E-state index >= 15 is 0 Å². The monoisotopic (exact) mass is 345 g/mol. The van der Waals surface area contributed by atoms with Crippen molar-refractivity contribution in [3.8, 4) is 0 Å². The predicted molar refractivity (Wildman–Crippen MR) is 94.4 cm³/mol. The summed E-state index contributed by atoms with van der Waals surface area (Å²) in [5.74, 6) is -0.277. The van der Waals surface area contributed by atoms with Gasteiger partial charge in [-0.1, -0.05) is 18.2 Å². The number of nitrogens with zero attached hydrogens (tertiary/aromatic N) is 3. The van der Waals surface area contributed by atoms with E-state index in [2.05, 4.69) is 32.7 Å². The third-order valence-corrected chi connectivity index (χ3v) is 4.46. The summed E-state index contributed by atoms with van der Waals surface area (Å²) in [5.41, 5.74) is 1.17. The van der Waals surface area contributed by atoms with Crippen molar-refractivity contribution in [3.63, 3.8) is 0 Å². The highest BCUT2D eigenvalue weighted by Gasteiger charge is 2.21. The van der Waals surface area contributed by atoms with Crippen molar-refractivity contribution >= 4 is 34.1 Å². The summed E-state index contributed by atoms with van der Waals surface area (Å²) in [4.78, 5) is 31.8. The molecule has 1 fully saturated rings. The van der Waals surface area contributed by atoms with Crippen molar-refractivity contribution < 1.29 is 9.59 Å². The maximum absolute atomic E-state index is 12.2. The molecule has 0 saturated carbocycles. The minimum Gasteiger partial charge on any atom is -0.368 e. The van der Waals surface area contributed by atoms with Gasteiger partial charge in [-0.3, -0.25) is 4.79 Å². The van der Waals surface area contributed by atoms with Crippen molar-refractivity contribution in [2.75, 3.05) is 42.9 Å². The van der Waals surface area contributed by atoms with Crippen LogP contribution in [0.5, 0.6) is 0 Å². The number of hydrogen-bond acceptors (Lipinski definition) is 5. The average Bonchev–Trinajstić information content (AvgIpc) is 3.13. The van der Waals surface area contributed by atoms with Crippen LogP contribution >= 0.6 is 11.3 Å². The lowest BCUT2D eigenvalue weighted by Crippen LogP contribution is -2.52. The lowest BCUT2D eigenvalue weighted by molar-refractivity contribution is -0.115. The smallest absolute Gasteiger partial charge is 0.317 e. The number of carbonyl (C=O) groups excluding carboxylic acids is 2. The molecule has 1 aliphatic heterocycles. The van der Waals surface area contributed by atoms with E-state index in [1.165, 1.54) is 17.0 Å². The fourth-order valence-corrected chi connectivity index (χ4v) is 3.07. The zero-order valence-electron chi connectivity index (χ0n) is 13.1. The summed E-state index contributed by atoms with van der Waals surface area (Å²) >= 11 is 1.34. The average molecular weight is 345 g/mol. The van der Waals surface area contributed by atoms with Crippen molar-refractivity contribution in [2.24, 2.45) is 0 Å². The molecule has 0 bridgehead atoms. The molecular formula is C16H19N5O2S. The normalized spacial score (nSPS) is 14.3. The Labute approximate surface area is 144 Å². The molecule has 2 aromatic rings. The first kappa shape index (κ1) is 16.3. The highest BCUT2D eigenvalue weighted by Crippen LogP contribution is 2.15. The molecule has 3 amide bonds. The number of piperazine rings is 1. The predicted octanol–water partition coefficient (Wildman–Crippen LogP) is 1.61. The second kappa shape index (κ2) is 7.78. The second-order valence-corrected chi connectivity index (χ2v) is 6.25. The van der Waals surface area contributed by atoms with Crippen LogP contribution in [0.15, 0.2) is 41.9 Å². The molecule has 126 valence electrons. The van der Waals surface area contributed by atoms with Gasteiger partial charge in [0.2, 0.25) is 5.91 Å². The van der Waals surface area contributed by atoms with Crippen LogP contribution < -0.4 is 15.5 Å². The van der Waals surface area contributed by atoms with Crippen LogP contribution in [0.1, 0.15) is 0 Å². The van der Waals surface area contributed by atoms with Crippen molar-refractivity contribution in [2.45, 2.75) is 0 Å². The molecule has 1 aromatic heterocycles. The summed E-state index contributed by atoms with van der Waals surface area (Å²) < 4.78 is 0. The molecule has 0 atom stereocenters. The standard InChI is InChI=1S/C16H19N5O2S/c22-14(19-15-17-6-11-24-15)12-18-16(23)21-9-7-20(8-10-21)13-4-2-1-3-5-13/h1-6,11H,7-10,12H2,(H,18,23)(H,17,19,22). The lowest BCUT2D eigenvalue weighted by Gasteiger charge is -2.36. The van der Waals surface area contributed by atoms with Crippen LogP contribution in [0.4, 0.5) is 15.6 Å². The van der Waals surface area contributed by atoms with Crippen molar-refractivity contribution in [1.82, 2.24) is 15.2 Å². The van der Waals surface area contributed by atoms with Crippen molar-refractivity contribution in [3.05, 3.63) is 41.9 Å². The number of anilines is 2. The Kier molecular flexibility index (Phi) is 5.27.